The predicted molar refractivity (Wildman–Crippen MR) is 110 cm³/mol. The molecule has 1 aromatic carbocycles. The van der Waals surface area contributed by atoms with Crippen molar-refractivity contribution >= 4 is 17.5 Å². The number of methoxy groups -OCH3 is 3. The fraction of sp³-hybridized carbons (Fsp3) is 0.450. The molecule has 156 valence electrons. The Kier molecular flexibility index (Phi) is 6.26. The summed E-state index contributed by atoms with van der Waals surface area (Å²) >= 11 is 0. The third-order valence-electron chi connectivity index (χ3n) is 4.96. The van der Waals surface area contributed by atoms with Gasteiger partial charge in [-0.25, -0.2) is 14.8 Å². The lowest BCUT2D eigenvalue weighted by molar-refractivity contribution is 0.208. The summed E-state index contributed by atoms with van der Waals surface area (Å²) in [4.78, 5) is 25.4. The van der Waals surface area contributed by atoms with Crippen molar-refractivity contribution in [2.24, 2.45) is 0 Å². The molecule has 3 rings (SSSR count). The van der Waals surface area contributed by atoms with Gasteiger partial charge < -0.3 is 24.0 Å². The van der Waals surface area contributed by atoms with Crippen LogP contribution in [0.2, 0.25) is 0 Å². The number of aryl methyl sites for hydroxylation is 2. The minimum Gasteiger partial charge on any atom is -0.497 e. The lowest BCUT2D eigenvalue weighted by Gasteiger charge is -2.36. The van der Waals surface area contributed by atoms with E-state index in [0.717, 1.165) is 28.6 Å². The number of benzene rings is 1. The maximum atomic E-state index is 12.7. The molecule has 0 spiro atoms. The number of nitrogens with zero attached hydrogens (tertiary/aromatic N) is 4. The zero-order valence-corrected chi connectivity index (χ0v) is 17.5. The molecule has 2 heterocycles. The number of aromatic nitrogens is 2. The summed E-state index contributed by atoms with van der Waals surface area (Å²) in [5, 5.41) is 2.82. The molecule has 1 fully saturated rings. The Morgan fingerprint density at radius 3 is 2.03 bits per heavy atom. The maximum Gasteiger partial charge on any atom is 0.323 e. The van der Waals surface area contributed by atoms with Crippen molar-refractivity contribution < 1.29 is 19.0 Å². The first kappa shape index (κ1) is 20.5. The van der Waals surface area contributed by atoms with Gasteiger partial charge in [0.2, 0.25) is 0 Å². The number of hydrogen-bond donors (Lipinski definition) is 1. The zero-order valence-electron chi connectivity index (χ0n) is 17.5. The first-order valence-corrected chi connectivity index (χ1v) is 9.38. The van der Waals surface area contributed by atoms with E-state index in [0.29, 0.717) is 37.9 Å². The standard InChI is InChI=1S/C20H27N5O4/c1-13-14(2)22-19(29-5)18(21-13)23-20(26)25-8-6-24(7-9-25)15-10-16(27-3)12-17(11-15)28-4/h10-12H,6-9H2,1-5H3,(H,21,23,26). The molecule has 1 aliphatic heterocycles. The highest BCUT2D eigenvalue weighted by Crippen LogP contribution is 2.29. The van der Waals surface area contributed by atoms with Crippen LogP contribution in [0.1, 0.15) is 11.4 Å². The first-order valence-electron chi connectivity index (χ1n) is 9.38. The van der Waals surface area contributed by atoms with Crippen LogP contribution in [-0.2, 0) is 0 Å². The van der Waals surface area contributed by atoms with Gasteiger partial charge in [-0.1, -0.05) is 0 Å². The van der Waals surface area contributed by atoms with Crippen molar-refractivity contribution in [3.8, 4) is 17.4 Å². The van der Waals surface area contributed by atoms with Gasteiger partial charge in [-0.2, -0.15) is 0 Å². The predicted octanol–water partition coefficient (Wildman–Crippen LogP) is 2.47. The summed E-state index contributed by atoms with van der Waals surface area (Å²) in [5.41, 5.74) is 2.52. The number of amides is 2. The van der Waals surface area contributed by atoms with Gasteiger partial charge >= 0.3 is 6.03 Å². The van der Waals surface area contributed by atoms with E-state index in [2.05, 4.69) is 20.2 Å². The van der Waals surface area contributed by atoms with Gasteiger partial charge in [0.05, 0.1) is 32.7 Å². The Labute approximate surface area is 170 Å². The van der Waals surface area contributed by atoms with Gasteiger partial charge in [-0.15, -0.1) is 0 Å². The smallest absolute Gasteiger partial charge is 0.323 e. The molecule has 0 unspecified atom stereocenters. The van der Waals surface area contributed by atoms with Gasteiger partial charge in [-0.3, -0.25) is 5.32 Å². The summed E-state index contributed by atoms with van der Waals surface area (Å²) < 4.78 is 15.9. The summed E-state index contributed by atoms with van der Waals surface area (Å²) in [6.45, 7) is 6.23. The van der Waals surface area contributed by atoms with Gasteiger partial charge in [0.25, 0.3) is 5.88 Å². The fourth-order valence-electron chi connectivity index (χ4n) is 3.13. The third kappa shape index (κ3) is 4.61. The van der Waals surface area contributed by atoms with E-state index in [1.165, 1.54) is 7.11 Å². The highest BCUT2D eigenvalue weighted by molar-refractivity contribution is 5.89. The van der Waals surface area contributed by atoms with E-state index < -0.39 is 0 Å². The number of ether oxygens (including phenoxy) is 3. The van der Waals surface area contributed by atoms with Crippen LogP contribution >= 0.6 is 0 Å². The van der Waals surface area contributed by atoms with Crippen molar-refractivity contribution in [2.45, 2.75) is 13.8 Å². The van der Waals surface area contributed by atoms with Crippen LogP contribution in [-0.4, -0.2) is 68.4 Å². The molecule has 2 amide bonds. The quantitative estimate of drug-likeness (QED) is 0.823. The minimum atomic E-state index is -0.219. The van der Waals surface area contributed by atoms with Crippen LogP contribution in [0.25, 0.3) is 0 Å². The molecule has 0 saturated carbocycles. The summed E-state index contributed by atoms with van der Waals surface area (Å²) in [6, 6.07) is 5.55. The van der Waals surface area contributed by atoms with Gasteiger partial charge in [0, 0.05) is 50.1 Å². The highest BCUT2D eigenvalue weighted by atomic mass is 16.5. The second kappa shape index (κ2) is 8.85. The van der Waals surface area contributed by atoms with Gasteiger partial charge in [0.1, 0.15) is 11.5 Å². The molecule has 2 aromatic rings. The average Bonchev–Trinajstić information content (AvgIpc) is 2.75. The topological polar surface area (TPSA) is 89.1 Å². The van der Waals surface area contributed by atoms with Crippen LogP contribution in [0.5, 0.6) is 17.4 Å². The summed E-state index contributed by atoms with van der Waals surface area (Å²) in [5.74, 6) is 2.11. The molecule has 9 heteroatoms. The van der Waals surface area contributed by atoms with E-state index in [4.69, 9.17) is 14.2 Å². The van der Waals surface area contributed by atoms with E-state index in [1.54, 1.807) is 19.1 Å². The Hall–Kier alpha value is -3.23. The molecule has 29 heavy (non-hydrogen) atoms. The van der Waals surface area contributed by atoms with E-state index in [9.17, 15) is 4.79 Å². The molecular formula is C20H27N5O4. The first-order chi connectivity index (χ1) is 13.9. The normalized spacial score (nSPS) is 13.8. The van der Waals surface area contributed by atoms with Crippen molar-refractivity contribution in [2.75, 3.05) is 57.7 Å². The molecule has 1 saturated heterocycles. The number of nitrogens with one attached hydrogen (secondary N) is 1. The lowest BCUT2D eigenvalue weighted by Crippen LogP contribution is -2.50. The molecular weight excluding hydrogens is 374 g/mol. The Balaban J connectivity index is 1.65. The number of rotatable bonds is 5. The molecule has 0 radical (unpaired) electrons. The van der Waals surface area contributed by atoms with E-state index in [-0.39, 0.29) is 6.03 Å². The lowest BCUT2D eigenvalue weighted by atomic mass is 10.2. The molecule has 1 aliphatic rings. The fourth-order valence-corrected chi connectivity index (χ4v) is 3.13. The Morgan fingerprint density at radius 1 is 0.897 bits per heavy atom. The van der Waals surface area contributed by atoms with E-state index in [1.807, 2.05) is 32.0 Å². The number of anilines is 2. The number of carbonyl (C=O) groups is 1. The van der Waals surface area contributed by atoms with Crippen LogP contribution < -0.4 is 24.4 Å². The Bertz CT molecular complexity index is 859. The average molecular weight is 401 g/mol. The minimum absolute atomic E-state index is 0.219. The molecule has 0 aliphatic carbocycles. The molecule has 9 nitrogen and oxygen atoms in total. The largest absolute Gasteiger partial charge is 0.497 e. The second-order valence-electron chi connectivity index (χ2n) is 6.73. The molecule has 1 aromatic heterocycles. The zero-order chi connectivity index (χ0) is 21.0. The van der Waals surface area contributed by atoms with Crippen LogP contribution in [0.3, 0.4) is 0 Å². The van der Waals surface area contributed by atoms with Crippen LogP contribution in [0, 0.1) is 13.8 Å². The highest BCUT2D eigenvalue weighted by Gasteiger charge is 2.23. The van der Waals surface area contributed by atoms with E-state index >= 15 is 0 Å². The summed E-state index contributed by atoms with van der Waals surface area (Å²) in [6.07, 6.45) is 0. The van der Waals surface area contributed by atoms with Crippen molar-refractivity contribution in [1.82, 2.24) is 14.9 Å². The molecule has 1 N–H and O–H groups in total. The van der Waals surface area contributed by atoms with Crippen LogP contribution in [0.4, 0.5) is 16.3 Å². The molecule has 0 atom stereocenters. The number of carbonyl (C=O) groups excluding carboxylic acids is 1. The number of piperazine rings is 1. The summed E-state index contributed by atoms with van der Waals surface area (Å²) in [7, 11) is 4.77. The maximum absolute atomic E-state index is 12.7. The van der Waals surface area contributed by atoms with Crippen molar-refractivity contribution in [3.63, 3.8) is 0 Å². The van der Waals surface area contributed by atoms with Crippen molar-refractivity contribution in [3.05, 3.63) is 29.6 Å². The van der Waals surface area contributed by atoms with Crippen LogP contribution in [0.15, 0.2) is 18.2 Å². The van der Waals surface area contributed by atoms with Gasteiger partial charge in [-0.05, 0) is 13.8 Å². The Morgan fingerprint density at radius 2 is 1.48 bits per heavy atom. The van der Waals surface area contributed by atoms with Crippen molar-refractivity contribution in [1.29, 1.82) is 0 Å². The van der Waals surface area contributed by atoms with Gasteiger partial charge in [0.15, 0.2) is 5.82 Å². The molecule has 0 bridgehead atoms. The monoisotopic (exact) mass is 401 g/mol. The number of urea groups is 1. The second-order valence-corrected chi connectivity index (χ2v) is 6.73. The SMILES string of the molecule is COc1cc(OC)cc(N2CCN(C(=O)Nc3nc(C)c(C)nc3OC)CC2)c1. The number of hydrogen-bond acceptors (Lipinski definition) is 7. The third-order valence-corrected chi connectivity index (χ3v) is 4.96.